The summed E-state index contributed by atoms with van der Waals surface area (Å²) >= 11 is 0. The zero-order valence-corrected chi connectivity index (χ0v) is 19.5. The number of amides is 1. The van der Waals surface area contributed by atoms with Gasteiger partial charge in [-0.25, -0.2) is 13.2 Å². The van der Waals surface area contributed by atoms with E-state index < -0.39 is 21.6 Å². The number of amidine groups is 1. The van der Waals surface area contributed by atoms with Gasteiger partial charge in [0.15, 0.2) is 6.61 Å². The Morgan fingerprint density at radius 1 is 1.09 bits per heavy atom. The third-order valence-electron chi connectivity index (χ3n) is 5.37. The predicted octanol–water partition coefficient (Wildman–Crippen LogP) is 3.37. The summed E-state index contributed by atoms with van der Waals surface area (Å²) < 4.78 is 38.5. The van der Waals surface area contributed by atoms with E-state index in [0.717, 1.165) is 30.2 Å². The summed E-state index contributed by atoms with van der Waals surface area (Å²) in [7, 11) is -3.74. The number of hydrogen-bond acceptors (Lipinski definition) is 7. The SMILES string of the molecule is Cc1cc(=O)oc2cc(OCC(=O)Nc3ccc(S(=O)(=O)NC4=NCCCCC4)cc3)ccc12. The maximum absolute atomic E-state index is 12.6. The molecular weight excluding hydrogens is 458 g/mol. The number of nitrogens with zero attached hydrogens (tertiary/aromatic N) is 1. The van der Waals surface area contributed by atoms with Crippen molar-refractivity contribution in [1.29, 1.82) is 0 Å². The number of nitrogens with one attached hydrogen (secondary N) is 2. The van der Waals surface area contributed by atoms with E-state index in [4.69, 9.17) is 9.15 Å². The number of carbonyl (C=O) groups is 1. The first kappa shape index (κ1) is 23.5. The summed E-state index contributed by atoms with van der Waals surface area (Å²) in [5.41, 5.74) is 1.14. The van der Waals surface area contributed by atoms with E-state index in [0.29, 0.717) is 35.8 Å². The van der Waals surface area contributed by atoms with Crippen molar-refractivity contribution in [3.05, 3.63) is 64.5 Å². The Morgan fingerprint density at radius 3 is 2.68 bits per heavy atom. The number of benzene rings is 2. The van der Waals surface area contributed by atoms with Crippen LogP contribution in [0.2, 0.25) is 0 Å². The lowest BCUT2D eigenvalue weighted by Crippen LogP contribution is -2.30. The Balaban J connectivity index is 1.35. The van der Waals surface area contributed by atoms with Crippen molar-refractivity contribution in [2.75, 3.05) is 18.5 Å². The lowest BCUT2D eigenvalue weighted by Gasteiger charge is -2.11. The normalized spacial score (nSPS) is 14.2. The van der Waals surface area contributed by atoms with E-state index in [9.17, 15) is 18.0 Å². The van der Waals surface area contributed by atoms with Crippen LogP contribution in [0.4, 0.5) is 5.69 Å². The van der Waals surface area contributed by atoms with Crippen molar-refractivity contribution < 1.29 is 22.4 Å². The number of rotatable bonds is 6. The number of anilines is 1. The summed E-state index contributed by atoms with van der Waals surface area (Å²) in [4.78, 5) is 28.2. The van der Waals surface area contributed by atoms with Crippen molar-refractivity contribution in [3.63, 3.8) is 0 Å². The van der Waals surface area contributed by atoms with Gasteiger partial charge in [0, 0.05) is 36.2 Å². The van der Waals surface area contributed by atoms with E-state index in [-0.39, 0.29) is 11.5 Å². The molecular formula is C24H25N3O6S. The summed E-state index contributed by atoms with van der Waals surface area (Å²) in [5, 5.41) is 3.44. The van der Waals surface area contributed by atoms with Gasteiger partial charge in [0.2, 0.25) is 0 Å². The zero-order chi connectivity index (χ0) is 24.1. The molecule has 0 atom stereocenters. The Kier molecular flexibility index (Phi) is 6.97. The van der Waals surface area contributed by atoms with Crippen molar-refractivity contribution in [1.82, 2.24) is 4.72 Å². The standard InChI is InChI=1S/C24H25N3O6S/c1-16-13-24(29)33-21-14-18(8-11-20(16)21)32-15-23(28)26-17-6-9-19(10-7-17)34(30,31)27-22-5-3-2-4-12-25-22/h6-11,13-14H,2-5,12,15H2,1H3,(H,25,27)(H,26,28). The highest BCUT2D eigenvalue weighted by Gasteiger charge is 2.17. The third-order valence-corrected chi connectivity index (χ3v) is 6.76. The second kappa shape index (κ2) is 10.1. The van der Waals surface area contributed by atoms with Crippen LogP contribution in [0, 0.1) is 6.92 Å². The molecule has 4 rings (SSSR count). The largest absolute Gasteiger partial charge is 0.484 e. The highest BCUT2D eigenvalue weighted by atomic mass is 32.2. The molecule has 9 nitrogen and oxygen atoms in total. The Labute approximate surface area is 196 Å². The molecule has 2 aromatic carbocycles. The molecule has 0 saturated carbocycles. The molecule has 1 aromatic heterocycles. The Bertz CT molecular complexity index is 1390. The lowest BCUT2D eigenvalue weighted by atomic mass is 10.1. The summed E-state index contributed by atoms with van der Waals surface area (Å²) in [6.45, 7) is 2.16. The molecule has 0 unspecified atom stereocenters. The van der Waals surface area contributed by atoms with Gasteiger partial charge in [0.1, 0.15) is 17.2 Å². The van der Waals surface area contributed by atoms with Crippen molar-refractivity contribution in [2.45, 2.75) is 37.5 Å². The van der Waals surface area contributed by atoms with Gasteiger partial charge in [-0.1, -0.05) is 6.42 Å². The molecule has 2 N–H and O–H groups in total. The molecule has 1 aliphatic heterocycles. The van der Waals surface area contributed by atoms with Crippen LogP contribution in [-0.2, 0) is 14.8 Å². The fourth-order valence-electron chi connectivity index (χ4n) is 3.63. The molecule has 0 fully saturated rings. The van der Waals surface area contributed by atoms with Crippen LogP contribution in [0.3, 0.4) is 0 Å². The first-order valence-corrected chi connectivity index (χ1v) is 12.4. The molecule has 0 aliphatic carbocycles. The van der Waals surface area contributed by atoms with Crippen LogP contribution in [0.5, 0.6) is 5.75 Å². The van der Waals surface area contributed by atoms with Crippen LogP contribution in [-0.4, -0.2) is 33.3 Å². The molecule has 0 spiro atoms. The molecule has 0 saturated heterocycles. The van der Waals surface area contributed by atoms with Gasteiger partial charge in [0.05, 0.1) is 4.90 Å². The minimum atomic E-state index is -3.74. The minimum Gasteiger partial charge on any atom is -0.484 e. The maximum atomic E-state index is 12.6. The summed E-state index contributed by atoms with van der Waals surface area (Å²) in [6.07, 6.45) is 3.50. The quantitative estimate of drug-likeness (QED) is 0.518. The summed E-state index contributed by atoms with van der Waals surface area (Å²) in [5.74, 6) is 0.438. The van der Waals surface area contributed by atoms with Gasteiger partial charge >= 0.3 is 5.63 Å². The van der Waals surface area contributed by atoms with E-state index in [1.807, 2.05) is 6.92 Å². The predicted molar refractivity (Wildman–Crippen MR) is 129 cm³/mol. The molecule has 34 heavy (non-hydrogen) atoms. The van der Waals surface area contributed by atoms with Crippen LogP contribution < -0.4 is 20.4 Å². The van der Waals surface area contributed by atoms with Gasteiger partial charge in [-0.15, -0.1) is 0 Å². The molecule has 1 aliphatic rings. The number of carbonyl (C=O) groups excluding carboxylic acids is 1. The average molecular weight is 484 g/mol. The molecule has 178 valence electrons. The lowest BCUT2D eigenvalue weighted by molar-refractivity contribution is -0.118. The fourth-order valence-corrected chi connectivity index (χ4v) is 4.72. The van der Waals surface area contributed by atoms with Crippen molar-refractivity contribution in [2.24, 2.45) is 4.99 Å². The van der Waals surface area contributed by atoms with Gasteiger partial charge in [0.25, 0.3) is 15.9 Å². The second-order valence-corrected chi connectivity index (χ2v) is 9.69. The first-order valence-electron chi connectivity index (χ1n) is 10.9. The van der Waals surface area contributed by atoms with Gasteiger partial charge < -0.3 is 14.5 Å². The Morgan fingerprint density at radius 2 is 1.88 bits per heavy atom. The highest BCUT2D eigenvalue weighted by Crippen LogP contribution is 2.22. The number of aryl methyl sites for hydroxylation is 1. The number of fused-ring (bicyclic) bond motifs is 1. The van der Waals surface area contributed by atoms with Crippen LogP contribution >= 0.6 is 0 Å². The van der Waals surface area contributed by atoms with Crippen molar-refractivity contribution in [3.8, 4) is 5.75 Å². The van der Waals surface area contributed by atoms with Gasteiger partial charge in [-0.05, 0) is 61.7 Å². The maximum Gasteiger partial charge on any atom is 0.336 e. The second-order valence-electron chi connectivity index (χ2n) is 8.01. The van der Waals surface area contributed by atoms with E-state index in [1.54, 1.807) is 18.2 Å². The smallest absolute Gasteiger partial charge is 0.336 e. The monoisotopic (exact) mass is 483 g/mol. The van der Waals surface area contributed by atoms with Gasteiger partial charge in [-0.2, -0.15) is 0 Å². The molecule has 1 amide bonds. The number of ether oxygens (including phenoxy) is 1. The Hall–Kier alpha value is -3.66. The first-order chi connectivity index (χ1) is 16.3. The number of aliphatic imine (C=N–C) groups is 1. The van der Waals surface area contributed by atoms with E-state index in [2.05, 4.69) is 15.0 Å². The van der Waals surface area contributed by atoms with Crippen molar-refractivity contribution >= 4 is 38.4 Å². The highest BCUT2D eigenvalue weighted by molar-refractivity contribution is 7.90. The molecule has 3 aromatic rings. The topological polar surface area (TPSA) is 127 Å². The van der Waals surface area contributed by atoms with E-state index in [1.165, 1.54) is 30.3 Å². The van der Waals surface area contributed by atoms with Gasteiger partial charge in [-0.3, -0.25) is 14.5 Å². The fraction of sp³-hybridized carbons (Fsp3) is 0.292. The van der Waals surface area contributed by atoms with E-state index >= 15 is 0 Å². The van der Waals surface area contributed by atoms with Crippen LogP contribution in [0.25, 0.3) is 11.0 Å². The minimum absolute atomic E-state index is 0.0849. The molecule has 0 bridgehead atoms. The number of hydrogen-bond donors (Lipinski definition) is 2. The number of sulfonamides is 1. The third kappa shape index (κ3) is 5.82. The molecule has 0 radical (unpaired) electrons. The molecule has 10 heteroatoms. The van der Waals surface area contributed by atoms with Crippen LogP contribution in [0.15, 0.2) is 67.6 Å². The van der Waals surface area contributed by atoms with Crippen LogP contribution in [0.1, 0.15) is 31.2 Å². The molecule has 2 heterocycles. The average Bonchev–Trinajstić information content (AvgIpc) is 3.06. The zero-order valence-electron chi connectivity index (χ0n) is 18.7. The summed E-state index contributed by atoms with van der Waals surface area (Å²) in [6, 6.07) is 12.3.